The van der Waals surface area contributed by atoms with Gasteiger partial charge in [0.1, 0.15) is 13.8 Å². The van der Waals surface area contributed by atoms with Crippen molar-refractivity contribution in [3.8, 4) is 11.4 Å². The Balaban J connectivity index is 2.26. The minimum atomic E-state index is -1.45. The number of aromatic nitrogens is 4. The van der Waals surface area contributed by atoms with E-state index in [1.165, 1.54) is 5.32 Å². The van der Waals surface area contributed by atoms with Gasteiger partial charge in [-0.1, -0.05) is 37.0 Å². The van der Waals surface area contributed by atoms with Gasteiger partial charge in [-0.15, -0.1) is 5.10 Å². The van der Waals surface area contributed by atoms with Crippen LogP contribution in [0.1, 0.15) is 0 Å². The predicted octanol–water partition coefficient (Wildman–Crippen LogP) is 2.34. The molecule has 19 heavy (non-hydrogen) atoms. The molecule has 0 N–H and O–H groups in total. The molecule has 0 aliphatic heterocycles. The van der Waals surface area contributed by atoms with E-state index in [0.717, 1.165) is 16.9 Å². The molecule has 0 radical (unpaired) electrons. The summed E-state index contributed by atoms with van der Waals surface area (Å²) in [6, 6.07) is 12.1. The van der Waals surface area contributed by atoms with Gasteiger partial charge in [0, 0.05) is 11.5 Å². The van der Waals surface area contributed by atoms with E-state index in [4.69, 9.17) is 0 Å². The van der Waals surface area contributed by atoms with Crippen LogP contribution in [0.3, 0.4) is 0 Å². The Labute approximate surface area is 113 Å². The van der Waals surface area contributed by atoms with Gasteiger partial charge in [0.2, 0.25) is 0 Å². The molecule has 5 heteroatoms. The zero-order valence-corrected chi connectivity index (χ0v) is 12.3. The summed E-state index contributed by atoms with van der Waals surface area (Å²) in [7, 11) is -1.45. The van der Waals surface area contributed by atoms with E-state index in [-0.39, 0.29) is 0 Å². The molecule has 0 aromatic carbocycles. The molecule has 0 amide bonds. The number of pyridine rings is 2. The van der Waals surface area contributed by atoms with E-state index in [0.29, 0.717) is 0 Å². The Bertz CT molecular complexity index is 713. The molecule has 0 unspecified atom stereocenters. The van der Waals surface area contributed by atoms with Crippen molar-refractivity contribution in [2.75, 3.05) is 0 Å². The molecule has 3 rings (SSSR count). The van der Waals surface area contributed by atoms with Crippen molar-refractivity contribution in [3.05, 3.63) is 42.6 Å². The number of rotatable bonds is 2. The first-order valence-corrected chi connectivity index (χ1v) is 9.84. The third kappa shape index (κ3) is 2.06. The quantitative estimate of drug-likeness (QED) is 0.670. The number of hydrogen-bond acceptors (Lipinski definition) is 3. The van der Waals surface area contributed by atoms with Crippen molar-refractivity contribution in [2.24, 2.45) is 0 Å². The van der Waals surface area contributed by atoms with Gasteiger partial charge >= 0.3 is 0 Å². The van der Waals surface area contributed by atoms with Gasteiger partial charge in [-0.05, 0) is 24.3 Å². The largest absolute Gasteiger partial charge is 0.254 e. The Morgan fingerprint density at radius 1 is 1.00 bits per heavy atom. The second-order valence-electron chi connectivity index (χ2n) is 5.61. The molecule has 0 saturated carbocycles. The van der Waals surface area contributed by atoms with E-state index >= 15 is 0 Å². The molecule has 0 spiro atoms. The highest BCUT2D eigenvalue weighted by Gasteiger charge is 2.22. The van der Waals surface area contributed by atoms with Crippen molar-refractivity contribution >= 4 is 18.9 Å². The molecule has 3 aromatic heterocycles. The summed E-state index contributed by atoms with van der Waals surface area (Å²) in [5.41, 5.74) is 2.74. The van der Waals surface area contributed by atoms with Crippen LogP contribution in [-0.4, -0.2) is 27.9 Å². The van der Waals surface area contributed by atoms with E-state index in [1.807, 2.05) is 28.8 Å². The zero-order valence-electron chi connectivity index (χ0n) is 11.3. The summed E-state index contributed by atoms with van der Waals surface area (Å²) < 4.78 is 1.97. The van der Waals surface area contributed by atoms with E-state index < -0.39 is 8.07 Å². The lowest BCUT2D eigenvalue weighted by atomic mass is 10.2. The van der Waals surface area contributed by atoms with E-state index in [9.17, 15) is 0 Å². The summed E-state index contributed by atoms with van der Waals surface area (Å²) >= 11 is 0. The number of nitrogens with zero attached hydrogens (tertiary/aromatic N) is 4. The van der Waals surface area contributed by atoms with Crippen molar-refractivity contribution in [2.45, 2.75) is 19.6 Å². The van der Waals surface area contributed by atoms with Crippen LogP contribution in [0.2, 0.25) is 19.6 Å². The third-order valence-corrected chi connectivity index (χ3v) is 5.03. The van der Waals surface area contributed by atoms with Gasteiger partial charge in [-0.2, -0.15) is 0 Å². The Hall–Kier alpha value is -2.01. The van der Waals surface area contributed by atoms with Crippen molar-refractivity contribution in [1.29, 1.82) is 0 Å². The van der Waals surface area contributed by atoms with Crippen molar-refractivity contribution in [1.82, 2.24) is 19.8 Å². The molecule has 4 nitrogen and oxygen atoms in total. The molecular formula is C14H16N4Si. The van der Waals surface area contributed by atoms with Crippen LogP contribution >= 0.6 is 0 Å². The standard InChI is InChI=1S/C14H16N4Si/c1-19(2,3)13-9-6-8-12-14(16-17-18(12)13)11-7-4-5-10-15-11/h4-10H,1-3H3. The summed E-state index contributed by atoms with van der Waals surface area (Å²) in [5, 5.41) is 9.91. The second kappa shape index (κ2) is 4.27. The average molecular weight is 268 g/mol. The summed E-state index contributed by atoms with van der Waals surface area (Å²) in [4.78, 5) is 4.36. The highest BCUT2D eigenvalue weighted by molar-refractivity contribution is 6.88. The maximum Gasteiger partial charge on any atom is 0.139 e. The second-order valence-corrected chi connectivity index (χ2v) is 10.6. The smallest absolute Gasteiger partial charge is 0.139 e. The first-order chi connectivity index (χ1) is 9.07. The lowest BCUT2D eigenvalue weighted by molar-refractivity contribution is 0.872. The highest BCUT2D eigenvalue weighted by Crippen LogP contribution is 2.19. The van der Waals surface area contributed by atoms with Crippen LogP contribution in [0.25, 0.3) is 16.9 Å². The van der Waals surface area contributed by atoms with Gasteiger partial charge in [0.25, 0.3) is 0 Å². The van der Waals surface area contributed by atoms with E-state index in [2.05, 4.69) is 47.1 Å². The fourth-order valence-corrected chi connectivity index (χ4v) is 3.57. The molecule has 0 atom stereocenters. The lowest BCUT2D eigenvalue weighted by Gasteiger charge is -2.17. The predicted molar refractivity (Wildman–Crippen MR) is 79.2 cm³/mol. The first-order valence-electron chi connectivity index (χ1n) is 6.34. The molecule has 3 heterocycles. The van der Waals surface area contributed by atoms with Gasteiger partial charge < -0.3 is 0 Å². The molecule has 96 valence electrons. The van der Waals surface area contributed by atoms with Gasteiger partial charge in [0.05, 0.1) is 11.2 Å². The van der Waals surface area contributed by atoms with Gasteiger partial charge in [0.15, 0.2) is 0 Å². The monoisotopic (exact) mass is 268 g/mol. The fraction of sp³-hybridized carbons (Fsp3) is 0.214. The third-order valence-electron chi connectivity index (χ3n) is 3.12. The molecule has 0 aliphatic rings. The fourth-order valence-electron chi connectivity index (χ4n) is 2.17. The lowest BCUT2D eigenvalue weighted by Crippen LogP contribution is -2.42. The number of hydrogen-bond donors (Lipinski definition) is 0. The Morgan fingerprint density at radius 3 is 2.53 bits per heavy atom. The molecule has 0 bridgehead atoms. The van der Waals surface area contributed by atoms with Crippen LogP contribution in [-0.2, 0) is 0 Å². The van der Waals surface area contributed by atoms with Crippen molar-refractivity contribution < 1.29 is 0 Å². The summed E-state index contributed by atoms with van der Waals surface area (Å²) in [6.45, 7) is 6.93. The topological polar surface area (TPSA) is 43.1 Å². The van der Waals surface area contributed by atoms with Crippen LogP contribution < -0.4 is 5.32 Å². The normalized spacial score (nSPS) is 11.9. The average Bonchev–Trinajstić information content (AvgIpc) is 2.82. The van der Waals surface area contributed by atoms with Gasteiger partial charge in [-0.25, -0.2) is 4.52 Å². The maximum absolute atomic E-state index is 4.36. The van der Waals surface area contributed by atoms with Crippen LogP contribution in [0, 0.1) is 0 Å². The molecule has 3 aromatic rings. The summed E-state index contributed by atoms with van der Waals surface area (Å²) in [6.07, 6.45) is 1.78. The number of fused-ring (bicyclic) bond motifs is 1. The molecule has 0 saturated heterocycles. The van der Waals surface area contributed by atoms with Crippen LogP contribution in [0.5, 0.6) is 0 Å². The van der Waals surface area contributed by atoms with Crippen molar-refractivity contribution in [3.63, 3.8) is 0 Å². The Morgan fingerprint density at radius 2 is 1.84 bits per heavy atom. The van der Waals surface area contributed by atoms with Crippen LogP contribution in [0.15, 0.2) is 42.6 Å². The first kappa shape index (κ1) is 12.0. The summed E-state index contributed by atoms with van der Waals surface area (Å²) in [5.74, 6) is 0. The minimum Gasteiger partial charge on any atom is -0.254 e. The molecule has 0 aliphatic carbocycles. The molecular weight excluding hydrogens is 252 g/mol. The maximum atomic E-state index is 4.36. The SMILES string of the molecule is C[Si](C)(C)c1cccc2c(-c3ccccn3)nnn12. The minimum absolute atomic E-state index is 0.848. The Kier molecular flexibility index (Phi) is 2.71. The van der Waals surface area contributed by atoms with Crippen LogP contribution in [0.4, 0.5) is 0 Å². The van der Waals surface area contributed by atoms with E-state index in [1.54, 1.807) is 6.20 Å². The zero-order chi connectivity index (χ0) is 13.5. The molecule has 0 fully saturated rings. The van der Waals surface area contributed by atoms with Gasteiger partial charge in [-0.3, -0.25) is 4.98 Å². The highest BCUT2D eigenvalue weighted by atomic mass is 28.3.